The van der Waals surface area contributed by atoms with Crippen LogP contribution in [0, 0.1) is 5.82 Å². The SMILES string of the molecule is CNCc1cc(F)cc(Br)c1N. The van der Waals surface area contributed by atoms with E-state index >= 15 is 0 Å². The highest BCUT2D eigenvalue weighted by Gasteiger charge is 2.04. The molecule has 0 aliphatic rings. The van der Waals surface area contributed by atoms with Gasteiger partial charge >= 0.3 is 0 Å². The molecule has 0 saturated carbocycles. The van der Waals surface area contributed by atoms with Gasteiger partial charge in [0.1, 0.15) is 5.82 Å². The molecule has 0 aliphatic carbocycles. The lowest BCUT2D eigenvalue weighted by Crippen LogP contribution is -2.08. The Morgan fingerprint density at radius 1 is 1.58 bits per heavy atom. The van der Waals surface area contributed by atoms with E-state index in [0.717, 1.165) is 5.56 Å². The standard InChI is InChI=1S/C8H10BrFN2/c1-12-4-5-2-6(10)3-7(9)8(5)11/h2-3,12H,4,11H2,1H3. The Balaban J connectivity index is 3.09. The number of anilines is 1. The van der Waals surface area contributed by atoms with Crippen molar-refractivity contribution >= 4 is 21.6 Å². The highest BCUT2D eigenvalue weighted by Crippen LogP contribution is 2.24. The quantitative estimate of drug-likeness (QED) is 0.765. The molecule has 0 aromatic heterocycles. The zero-order valence-electron chi connectivity index (χ0n) is 6.70. The first kappa shape index (κ1) is 9.48. The Kier molecular flexibility index (Phi) is 3.05. The van der Waals surface area contributed by atoms with Crippen LogP contribution in [0.3, 0.4) is 0 Å². The lowest BCUT2D eigenvalue weighted by molar-refractivity contribution is 0.623. The summed E-state index contributed by atoms with van der Waals surface area (Å²) in [6.45, 7) is 0.572. The molecule has 0 fully saturated rings. The summed E-state index contributed by atoms with van der Waals surface area (Å²) in [7, 11) is 1.79. The number of nitrogen functional groups attached to an aromatic ring is 1. The van der Waals surface area contributed by atoms with Crippen molar-refractivity contribution in [3.8, 4) is 0 Å². The number of hydrogen-bond acceptors (Lipinski definition) is 2. The van der Waals surface area contributed by atoms with Gasteiger partial charge in [-0.15, -0.1) is 0 Å². The normalized spacial score (nSPS) is 10.2. The van der Waals surface area contributed by atoms with Gasteiger partial charge in [-0.2, -0.15) is 0 Å². The van der Waals surface area contributed by atoms with Crippen molar-refractivity contribution < 1.29 is 4.39 Å². The molecular formula is C8H10BrFN2. The van der Waals surface area contributed by atoms with Crippen molar-refractivity contribution in [2.45, 2.75) is 6.54 Å². The van der Waals surface area contributed by atoms with Gasteiger partial charge in [-0.3, -0.25) is 0 Å². The smallest absolute Gasteiger partial charge is 0.124 e. The van der Waals surface area contributed by atoms with E-state index in [1.54, 1.807) is 7.05 Å². The van der Waals surface area contributed by atoms with Crippen LogP contribution in [0.4, 0.5) is 10.1 Å². The number of rotatable bonds is 2. The second-order valence-electron chi connectivity index (χ2n) is 2.49. The van der Waals surface area contributed by atoms with Crippen LogP contribution in [-0.2, 0) is 6.54 Å². The van der Waals surface area contributed by atoms with Crippen molar-refractivity contribution in [3.05, 3.63) is 28.0 Å². The van der Waals surface area contributed by atoms with Crippen molar-refractivity contribution in [3.63, 3.8) is 0 Å². The minimum atomic E-state index is -0.277. The van der Waals surface area contributed by atoms with E-state index in [0.29, 0.717) is 16.7 Å². The molecule has 4 heteroatoms. The molecule has 0 aliphatic heterocycles. The molecule has 0 bridgehead atoms. The number of benzene rings is 1. The molecule has 2 nitrogen and oxygen atoms in total. The van der Waals surface area contributed by atoms with Crippen LogP contribution in [0.1, 0.15) is 5.56 Å². The van der Waals surface area contributed by atoms with E-state index in [9.17, 15) is 4.39 Å². The maximum absolute atomic E-state index is 12.8. The maximum Gasteiger partial charge on any atom is 0.124 e. The second-order valence-corrected chi connectivity index (χ2v) is 3.35. The summed E-state index contributed by atoms with van der Waals surface area (Å²) in [6.07, 6.45) is 0. The lowest BCUT2D eigenvalue weighted by atomic mass is 10.2. The molecule has 0 atom stereocenters. The van der Waals surface area contributed by atoms with Crippen molar-refractivity contribution in [2.75, 3.05) is 12.8 Å². The molecule has 3 N–H and O–H groups in total. The number of nitrogens with two attached hydrogens (primary N) is 1. The summed E-state index contributed by atoms with van der Waals surface area (Å²) >= 11 is 3.17. The first-order valence-corrected chi connectivity index (χ1v) is 4.32. The molecule has 0 unspecified atom stereocenters. The topological polar surface area (TPSA) is 38.0 Å². The van der Waals surface area contributed by atoms with Crippen LogP contribution in [0.2, 0.25) is 0 Å². The molecule has 1 rings (SSSR count). The van der Waals surface area contributed by atoms with Gasteiger partial charge in [0.15, 0.2) is 0 Å². The summed E-state index contributed by atoms with van der Waals surface area (Å²) in [5.74, 6) is -0.277. The average molecular weight is 233 g/mol. The van der Waals surface area contributed by atoms with E-state index in [4.69, 9.17) is 5.73 Å². The van der Waals surface area contributed by atoms with Gasteiger partial charge in [-0.25, -0.2) is 4.39 Å². The Morgan fingerprint density at radius 2 is 2.25 bits per heavy atom. The van der Waals surface area contributed by atoms with E-state index in [1.807, 2.05) is 0 Å². The van der Waals surface area contributed by atoms with Crippen LogP contribution in [0.15, 0.2) is 16.6 Å². The summed E-state index contributed by atoms with van der Waals surface area (Å²) < 4.78 is 13.4. The van der Waals surface area contributed by atoms with Crippen molar-refractivity contribution in [2.24, 2.45) is 0 Å². The highest BCUT2D eigenvalue weighted by atomic mass is 79.9. The zero-order chi connectivity index (χ0) is 9.14. The Morgan fingerprint density at radius 3 is 2.83 bits per heavy atom. The summed E-state index contributed by atoms with van der Waals surface area (Å²) in [6, 6.07) is 2.78. The van der Waals surface area contributed by atoms with Gasteiger partial charge in [0.2, 0.25) is 0 Å². The number of nitrogens with one attached hydrogen (secondary N) is 1. The third kappa shape index (κ3) is 1.95. The molecule has 1 aromatic rings. The molecule has 1 aromatic carbocycles. The third-order valence-electron chi connectivity index (χ3n) is 1.55. The molecule has 0 heterocycles. The number of hydrogen-bond donors (Lipinski definition) is 2. The van der Waals surface area contributed by atoms with E-state index < -0.39 is 0 Å². The van der Waals surface area contributed by atoms with Crippen molar-refractivity contribution in [1.82, 2.24) is 5.32 Å². The van der Waals surface area contributed by atoms with Gasteiger partial charge in [-0.1, -0.05) is 0 Å². The fourth-order valence-electron chi connectivity index (χ4n) is 0.975. The van der Waals surface area contributed by atoms with E-state index in [1.165, 1.54) is 12.1 Å². The van der Waals surface area contributed by atoms with Crippen LogP contribution < -0.4 is 11.1 Å². The molecular weight excluding hydrogens is 223 g/mol. The Hall–Kier alpha value is -0.610. The Labute approximate surface area is 79.1 Å². The molecule has 0 spiro atoms. The molecule has 0 radical (unpaired) electrons. The van der Waals surface area contributed by atoms with Crippen LogP contribution in [0.25, 0.3) is 0 Å². The van der Waals surface area contributed by atoms with Gasteiger partial charge in [0.05, 0.1) is 5.69 Å². The van der Waals surface area contributed by atoms with Gasteiger partial charge in [-0.05, 0) is 40.7 Å². The van der Waals surface area contributed by atoms with E-state index in [-0.39, 0.29) is 5.82 Å². The van der Waals surface area contributed by atoms with Crippen LogP contribution in [0.5, 0.6) is 0 Å². The lowest BCUT2D eigenvalue weighted by Gasteiger charge is -2.06. The third-order valence-corrected chi connectivity index (χ3v) is 2.20. The van der Waals surface area contributed by atoms with Gasteiger partial charge in [0.25, 0.3) is 0 Å². The highest BCUT2D eigenvalue weighted by molar-refractivity contribution is 9.10. The molecule has 12 heavy (non-hydrogen) atoms. The van der Waals surface area contributed by atoms with Crippen LogP contribution in [-0.4, -0.2) is 7.05 Å². The summed E-state index contributed by atoms with van der Waals surface area (Å²) in [5.41, 5.74) is 7.04. The molecule has 66 valence electrons. The van der Waals surface area contributed by atoms with Crippen LogP contribution >= 0.6 is 15.9 Å². The van der Waals surface area contributed by atoms with Gasteiger partial charge in [0, 0.05) is 11.0 Å². The summed E-state index contributed by atoms with van der Waals surface area (Å²) in [4.78, 5) is 0. The average Bonchev–Trinajstić information content (AvgIpc) is 2.00. The maximum atomic E-state index is 12.8. The fourth-order valence-corrected chi connectivity index (χ4v) is 1.45. The zero-order valence-corrected chi connectivity index (χ0v) is 8.28. The minimum Gasteiger partial charge on any atom is -0.398 e. The van der Waals surface area contributed by atoms with Crippen molar-refractivity contribution in [1.29, 1.82) is 0 Å². The summed E-state index contributed by atoms with van der Waals surface area (Å²) in [5, 5.41) is 2.91. The minimum absolute atomic E-state index is 0.277. The predicted molar refractivity (Wildman–Crippen MR) is 51.3 cm³/mol. The molecule has 0 saturated heterocycles. The molecule has 0 amide bonds. The first-order valence-electron chi connectivity index (χ1n) is 3.53. The predicted octanol–water partition coefficient (Wildman–Crippen LogP) is 1.89. The fraction of sp³-hybridized carbons (Fsp3) is 0.250. The Bertz CT molecular complexity index is 289. The number of halogens is 2. The first-order chi connectivity index (χ1) is 5.65. The second kappa shape index (κ2) is 3.87. The van der Waals surface area contributed by atoms with E-state index in [2.05, 4.69) is 21.2 Å². The van der Waals surface area contributed by atoms with Gasteiger partial charge < -0.3 is 11.1 Å². The largest absolute Gasteiger partial charge is 0.398 e. The monoisotopic (exact) mass is 232 g/mol.